The SMILES string of the molecule is CCOc1ccc2c3c1O[C@H]1[C@@H](O)C=C[C@H]4[C@@H](C2)N(C)CC[C@@]341.O=C1CC[C@@H](C(=O)O)N1. The second-order valence-corrected chi connectivity index (χ2v) is 9.34. The molecule has 32 heavy (non-hydrogen) atoms. The molecule has 1 spiro atoms. The quantitative estimate of drug-likeness (QED) is 0.605. The third-order valence-corrected chi connectivity index (χ3v) is 7.73. The zero-order chi connectivity index (χ0) is 22.6. The van der Waals surface area contributed by atoms with Gasteiger partial charge in [0.05, 0.1) is 6.61 Å². The predicted molar refractivity (Wildman–Crippen MR) is 116 cm³/mol. The molecular formula is C24H30N2O6. The van der Waals surface area contributed by atoms with Gasteiger partial charge in [-0.15, -0.1) is 0 Å². The molecule has 0 aromatic heterocycles. The van der Waals surface area contributed by atoms with Crippen molar-refractivity contribution in [3.8, 4) is 11.5 Å². The van der Waals surface area contributed by atoms with Crippen LogP contribution in [0, 0.1) is 5.92 Å². The highest BCUT2D eigenvalue weighted by molar-refractivity contribution is 5.87. The van der Waals surface area contributed by atoms with Crippen molar-refractivity contribution in [2.24, 2.45) is 5.92 Å². The number of ether oxygens (including phenoxy) is 2. The Balaban J connectivity index is 0.000000203. The number of likely N-dealkylation sites (N-methyl/N-ethyl adjacent to an activating group) is 1. The lowest BCUT2D eigenvalue weighted by atomic mass is 9.53. The van der Waals surface area contributed by atoms with E-state index in [4.69, 9.17) is 14.6 Å². The average molecular weight is 443 g/mol. The summed E-state index contributed by atoms with van der Waals surface area (Å²) in [6, 6.07) is 4.11. The van der Waals surface area contributed by atoms with E-state index in [-0.39, 0.29) is 17.4 Å². The number of aliphatic hydroxyl groups excluding tert-OH is 1. The summed E-state index contributed by atoms with van der Waals surface area (Å²) in [6.45, 7) is 3.68. The molecule has 0 unspecified atom stereocenters. The number of aliphatic hydroxyl groups is 1. The summed E-state index contributed by atoms with van der Waals surface area (Å²) < 4.78 is 12.2. The van der Waals surface area contributed by atoms with E-state index in [2.05, 4.69) is 29.4 Å². The number of carbonyl (C=O) groups excluding carboxylic acids is 1. The van der Waals surface area contributed by atoms with E-state index in [0.29, 0.717) is 31.4 Å². The first-order valence-electron chi connectivity index (χ1n) is 11.4. The lowest BCUT2D eigenvalue weighted by Crippen LogP contribution is -2.64. The Morgan fingerprint density at radius 2 is 2.19 bits per heavy atom. The van der Waals surface area contributed by atoms with Crippen LogP contribution in [0.1, 0.15) is 37.3 Å². The monoisotopic (exact) mass is 442 g/mol. The third-order valence-electron chi connectivity index (χ3n) is 7.73. The fraction of sp³-hybridized carbons (Fsp3) is 0.583. The molecule has 1 aromatic carbocycles. The zero-order valence-corrected chi connectivity index (χ0v) is 18.4. The van der Waals surface area contributed by atoms with Gasteiger partial charge in [0.2, 0.25) is 5.91 Å². The Morgan fingerprint density at radius 1 is 1.38 bits per heavy atom. The largest absolute Gasteiger partial charge is 0.490 e. The van der Waals surface area contributed by atoms with Crippen molar-refractivity contribution in [3.05, 3.63) is 35.4 Å². The van der Waals surface area contributed by atoms with Crippen LogP contribution >= 0.6 is 0 Å². The number of aliphatic carboxylic acids is 1. The highest BCUT2D eigenvalue weighted by Gasteiger charge is 2.64. The van der Waals surface area contributed by atoms with Crippen molar-refractivity contribution in [2.75, 3.05) is 20.2 Å². The summed E-state index contributed by atoms with van der Waals surface area (Å²) in [7, 11) is 2.22. The molecule has 8 nitrogen and oxygen atoms in total. The van der Waals surface area contributed by atoms with Gasteiger partial charge in [0, 0.05) is 29.4 Å². The maximum atomic E-state index is 10.6. The van der Waals surface area contributed by atoms with Gasteiger partial charge < -0.3 is 29.9 Å². The van der Waals surface area contributed by atoms with Crippen LogP contribution in [-0.2, 0) is 21.4 Å². The number of nitrogens with zero attached hydrogens (tertiary/aromatic N) is 1. The first-order valence-corrected chi connectivity index (χ1v) is 11.4. The average Bonchev–Trinajstić information content (AvgIpc) is 3.36. The summed E-state index contributed by atoms with van der Waals surface area (Å²) in [5.41, 5.74) is 2.62. The lowest BCUT2D eigenvalue weighted by molar-refractivity contribution is -0.140. The molecule has 3 aliphatic heterocycles. The fourth-order valence-electron chi connectivity index (χ4n) is 6.30. The molecule has 6 atom stereocenters. The minimum atomic E-state index is -0.944. The van der Waals surface area contributed by atoms with E-state index in [1.165, 1.54) is 11.1 Å². The number of hydrogen-bond acceptors (Lipinski definition) is 6. The number of rotatable bonds is 3. The minimum Gasteiger partial charge on any atom is -0.490 e. The fourth-order valence-corrected chi connectivity index (χ4v) is 6.30. The summed E-state index contributed by atoms with van der Waals surface area (Å²) >= 11 is 0. The highest BCUT2D eigenvalue weighted by atomic mass is 16.5. The number of amides is 1. The molecule has 1 amide bonds. The van der Waals surface area contributed by atoms with Crippen LogP contribution in [0.5, 0.6) is 11.5 Å². The second-order valence-electron chi connectivity index (χ2n) is 9.34. The van der Waals surface area contributed by atoms with Gasteiger partial charge in [-0.2, -0.15) is 0 Å². The minimum absolute atomic E-state index is 0.0820. The molecule has 3 N–H and O–H groups in total. The van der Waals surface area contributed by atoms with E-state index < -0.39 is 18.1 Å². The summed E-state index contributed by atoms with van der Waals surface area (Å²) in [5.74, 6) is 1.03. The maximum absolute atomic E-state index is 10.6. The van der Waals surface area contributed by atoms with Crippen LogP contribution in [0.3, 0.4) is 0 Å². The molecule has 2 aliphatic carbocycles. The van der Waals surface area contributed by atoms with Crippen LogP contribution in [0.4, 0.5) is 0 Å². The molecule has 0 saturated carbocycles. The maximum Gasteiger partial charge on any atom is 0.326 e. The van der Waals surface area contributed by atoms with Gasteiger partial charge in [-0.3, -0.25) is 4.79 Å². The van der Waals surface area contributed by atoms with E-state index in [1.54, 1.807) is 0 Å². The standard InChI is InChI=1S/C19H23NO3.C5H7NO3/c1-3-22-15-7-4-11-10-13-12-5-6-14(21)18-19(12,8-9-20(13)2)16(11)17(15)23-18;7-4-2-1-3(6-4)5(8)9/h4-7,12-14,18,21H,3,8-10H2,1-2H3;3H,1-2H2,(H,6,7)(H,8,9)/t12-,13+,14-,18-,19-;3-/m00/s1. The van der Waals surface area contributed by atoms with Crippen LogP contribution in [0.2, 0.25) is 0 Å². The third kappa shape index (κ3) is 3.03. The normalized spacial score (nSPS) is 35.8. The van der Waals surface area contributed by atoms with Crippen molar-refractivity contribution >= 4 is 11.9 Å². The molecule has 8 heteroatoms. The Morgan fingerprint density at radius 3 is 2.84 bits per heavy atom. The Hall–Kier alpha value is -2.58. The van der Waals surface area contributed by atoms with Crippen molar-refractivity contribution in [1.29, 1.82) is 0 Å². The number of likely N-dealkylation sites (tertiary alicyclic amines) is 1. The topological polar surface area (TPSA) is 108 Å². The summed E-state index contributed by atoms with van der Waals surface area (Å²) in [4.78, 5) is 23.0. The van der Waals surface area contributed by atoms with Gasteiger partial charge in [0.25, 0.3) is 0 Å². The van der Waals surface area contributed by atoms with E-state index in [0.717, 1.165) is 30.9 Å². The molecule has 0 radical (unpaired) electrons. The number of carboxylic acid groups (broad SMARTS) is 1. The van der Waals surface area contributed by atoms with Crippen LogP contribution in [0.15, 0.2) is 24.3 Å². The highest BCUT2D eigenvalue weighted by Crippen LogP contribution is 2.62. The molecule has 2 saturated heterocycles. The van der Waals surface area contributed by atoms with Gasteiger partial charge in [-0.1, -0.05) is 18.2 Å². The molecule has 2 bridgehead atoms. The van der Waals surface area contributed by atoms with Crippen molar-refractivity contribution in [2.45, 2.75) is 62.3 Å². The van der Waals surface area contributed by atoms with Crippen LogP contribution in [-0.4, -0.2) is 71.5 Å². The van der Waals surface area contributed by atoms with E-state index in [9.17, 15) is 14.7 Å². The second kappa shape index (κ2) is 7.78. The molecule has 3 heterocycles. The molecule has 5 aliphatic rings. The smallest absolute Gasteiger partial charge is 0.326 e. The van der Waals surface area contributed by atoms with Gasteiger partial charge in [0.15, 0.2) is 11.5 Å². The molecule has 2 fully saturated rings. The Labute approximate surface area is 187 Å². The predicted octanol–water partition coefficient (Wildman–Crippen LogP) is 1.24. The zero-order valence-electron chi connectivity index (χ0n) is 18.4. The van der Waals surface area contributed by atoms with Crippen molar-refractivity contribution in [1.82, 2.24) is 10.2 Å². The number of carboxylic acids is 1. The molecular weight excluding hydrogens is 412 g/mol. The van der Waals surface area contributed by atoms with Gasteiger partial charge in [0.1, 0.15) is 18.2 Å². The lowest BCUT2D eigenvalue weighted by Gasteiger charge is -2.56. The summed E-state index contributed by atoms with van der Waals surface area (Å²) in [5, 5.41) is 21.2. The van der Waals surface area contributed by atoms with Gasteiger partial charge in [-0.05, 0) is 51.4 Å². The number of hydrogen-bond donors (Lipinski definition) is 3. The number of benzene rings is 1. The number of nitrogens with one attached hydrogen (secondary N) is 1. The molecule has 6 rings (SSSR count). The van der Waals surface area contributed by atoms with Gasteiger partial charge in [-0.25, -0.2) is 4.79 Å². The van der Waals surface area contributed by atoms with Crippen LogP contribution < -0.4 is 14.8 Å². The molecule has 172 valence electrons. The van der Waals surface area contributed by atoms with Crippen molar-refractivity contribution < 1.29 is 29.3 Å². The first-order chi connectivity index (χ1) is 15.4. The molecule has 1 aromatic rings. The van der Waals surface area contributed by atoms with E-state index in [1.807, 2.05) is 19.1 Å². The first kappa shape index (κ1) is 21.3. The van der Waals surface area contributed by atoms with Crippen molar-refractivity contribution in [3.63, 3.8) is 0 Å². The van der Waals surface area contributed by atoms with Crippen LogP contribution in [0.25, 0.3) is 0 Å². The van der Waals surface area contributed by atoms with E-state index >= 15 is 0 Å². The number of carbonyl (C=O) groups is 2. The van der Waals surface area contributed by atoms with Gasteiger partial charge >= 0.3 is 5.97 Å². The Bertz CT molecular complexity index is 977. The summed E-state index contributed by atoms with van der Waals surface area (Å²) in [6.07, 6.45) is 6.33. The number of piperidine rings is 1. The Kier molecular flexibility index (Phi) is 5.17.